The Morgan fingerprint density at radius 3 is 2.55 bits per heavy atom. The number of fused-ring (bicyclic) bond motifs is 5. The zero-order valence-electron chi connectivity index (χ0n) is 33.3. The van der Waals surface area contributed by atoms with Crippen LogP contribution >= 0.6 is 7.60 Å². The molecule has 2 N–H and O–H groups in total. The molecule has 5 aliphatic rings. The van der Waals surface area contributed by atoms with Gasteiger partial charge in [-0.25, -0.2) is 0 Å². The summed E-state index contributed by atoms with van der Waals surface area (Å²) in [7, 11) is -1.81. The highest BCUT2D eigenvalue weighted by Gasteiger charge is 2.59. The van der Waals surface area contributed by atoms with E-state index in [1.165, 1.54) is 71.6 Å². The molecule has 4 fully saturated rings. The Morgan fingerprint density at radius 1 is 1.04 bits per heavy atom. The molecule has 0 bridgehead atoms. The van der Waals surface area contributed by atoms with E-state index in [1.807, 2.05) is 0 Å². The first kappa shape index (κ1) is 41.0. The van der Waals surface area contributed by atoms with Crippen molar-refractivity contribution in [1.82, 2.24) is 10.2 Å². The fourth-order valence-electron chi connectivity index (χ4n) is 12.0. The number of hydrogen-bond donors (Lipinski definition) is 2. The lowest BCUT2D eigenvalue weighted by atomic mass is 9.46. The Morgan fingerprint density at radius 2 is 1.82 bits per heavy atom. The minimum absolute atomic E-state index is 0.0167. The number of aliphatic hydroxyl groups excluding tert-OH is 1. The number of nitrogens with one attached hydrogen (secondary N) is 1. The highest BCUT2D eigenvalue weighted by atomic mass is 31.2. The maximum atomic E-state index is 13.0. The van der Waals surface area contributed by atoms with Crippen LogP contribution in [0.5, 0.6) is 0 Å². The van der Waals surface area contributed by atoms with Crippen molar-refractivity contribution in [3.05, 3.63) is 11.6 Å². The van der Waals surface area contributed by atoms with Crippen molar-refractivity contribution in [2.45, 2.75) is 156 Å². The molecule has 0 aromatic rings. The number of carbonyl (C=O) groups excluding carboxylic acids is 2. The van der Waals surface area contributed by atoms with Gasteiger partial charge in [-0.15, -0.1) is 0 Å². The van der Waals surface area contributed by atoms with Crippen molar-refractivity contribution in [1.29, 1.82) is 0 Å². The fourth-order valence-corrected chi connectivity index (χ4v) is 12.7. The lowest BCUT2D eigenvalue weighted by molar-refractivity contribution is -0.133. The molecule has 8 nitrogen and oxygen atoms in total. The molecule has 9 heteroatoms. The van der Waals surface area contributed by atoms with Crippen molar-refractivity contribution < 1.29 is 28.3 Å². The maximum Gasteiger partial charge on any atom is 0.327 e. The summed E-state index contributed by atoms with van der Waals surface area (Å²) < 4.78 is 22.7. The largest absolute Gasteiger partial charge is 0.394 e. The van der Waals surface area contributed by atoms with Crippen molar-refractivity contribution in [2.24, 2.45) is 52.3 Å². The van der Waals surface area contributed by atoms with E-state index in [-0.39, 0.29) is 24.5 Å². The summed E-state index contributed by atoms with van der Waals surface area (Å²) in [6, 6.07) is -0.321. The molecule has 4 aliphatic carbocycles. The molecular formula is C42H73N2O6P. The van der Waals surface area contributed by atoms with Gasteiger partial charge in [-0.2, -0.15) is 0 Å². The molecule has 2 amide bonds. The standard InChI is InChI=1S/C42H73N2O6P/c1-29(2)12-11-13-30(3)36-17-18-37-35-16-15-32-24-31(19-21-41(32,4)38(35)20-22-42(36,37)5)25-39(46)43-23-10-8-9-14-40(47)44-27-34(26-33(44)28-45)50-51(7,48)49-6/h15,29-31,33-38,45H,8-14,16-28H2,1-7H3,(H,43,46)/t30-,31?,33+,34-,35?,36-,37?,38?,41+,42-,51?/m1/s1. The number of rotatable bonds is 17. The van der Waals surface area contributed by atoms with Crippen LogP contribution in [0.1, 0.15) is 144 Å². The maximum absolute atomic E-state index is 13.0. The number of allylic oxidation sites excluding steroid dienone is 2. The predicted molar refractivity (Wildman–Crippen MR) is 205 cm³/mol. The highest BCUT2D eigenvalue weighted by molar-refractivity contribution is 7.52. The Bertz CT molecular complexity index is 1270. The van der Waals surface area contributed by atoms with Gasteiger partial charge in [-0.05, 0) is 123 Å². The van der Waals surface area contributed by atoms with Crippen LogP contribution in [-0.2, 0) is 23.2 Å². The molecule has 51 heavy (non-hydrogen) atoms. The van der Waals surface area contributed by atoms with Crippen LogP contribution in [0, 0.1) is 52.3 Å². The lowest BCUT2D eigenvalue weighted by Crippen LogP contribution is -2.50. The van der Waals surface area contributed by atoms with E-state index in [0.717, 1.165) is 67.6 Å². The first-order valence-corrected chi connectivity index (χ1v) is 22.9. The molecule has 0 spiro atoms. The van der Waals surface area contributed by atoms with Crippen molar-refractivity contribution in [3.8, 4) is 0 Å². The van der Waals surface area contributed by atoms with Crippen LogP contribution in [0.4, 0.5) is 0 Å². The van der Waals surface area contributed by atoms with Crippen molar-refractivity contribution >= 4 is 19.4 Å². The summed E-state index contributed by atoms with van der Waals surface area (Å²) in [6.45, 7) is 14.8. The van der Waals surface area contributed by atoms with Gasteiger partial charge < -0.3 is 24.4 Å². The van der Waals surface area contributed by atoms with E-state index in [9.17, 15) is 19.3 Å². The van der Waals surface area contributed by atoms with E-state index in [2.05, 4.69) is 46.0 Å². The highest BCUT2D eigenvalue weighted by Crippen LogP contribution is 2.67. The third-order valence-corrected chi connectivity index (χ3v) is 16.2. The summed E-state index contributed by atoms with van der Waals surface area (Å²) in [5.74, 6) is 5.69. The molecule has 3 saturated carbocycles. The van der Waals surface area contributed by atoms with E-state index < -0.39 is 13.7 Å². The Hall–Kier alpha value is -1.21. The van der Waals surface area contributed by atoms with Gasteiger partial charge >= 0.3 is 7.60 Å². The van der Waals surface area contributed by atoms with Gasteiger partial charge in [0.05, 0.1) is 18.8 Å². The minimum Gasteiger partial charge on any atom is -0.394 e. The summed E-state index contributed by atoms with van der Waals surface area (Å²) in [5.41, 5.74) is 2.51. The Kier molecular flexibility index (Phi) is 14.1. The molecule has 5 rings (SSSR count). The van der Waals surface area contributed by atoms with Gasteiger partial charge in [-0.1, -0.05) is 72.0 Å². The average molecular weight is 733 g/mol. The number of nitrogens with zero attached hydrogens (tertiary/aromatic N) is 1. The first-order valence-electron chi connectivity index (χ1n) is 20.9. The van der Waals surface area contributed by atoms with Crippen LogP contribution in [0.25, 0.3) is 0 Å². The number of unbranched alkanes of at least 4 members (excludes halogenated alkanes) is 2. The molecule has 5 unspecified atom stereocenters. The second-order valence-corrected chi connectivity index (χ2v) is 20.7. The molecule has 11 atom stereocenters. The van der Waals surface area contributed by atoms with E-state index in [4.69, 9.17) is 9.05 Å². The van der Waals surface area contributed by atoms with Gasteiger partial charge in [0.1, 0.15) is 0 Å². The smallest absolute Gasteiger partial charge is 0.327 e. The first-order chi connectivity index (χ1) is 24.2. The molecular weight excluding hydrogens is 659 g/mol. The summed E-state index contributed by atoms with van der Waals surface area (Å²) in [5, 5.41) is 13.0. The Labute approximate surface area is 310 Å². The van der Waals surface area contributed by atoms with E-state index in [0.29, 0.717) is 49.1 Å². The van der Waals surface area contributed by atoms with Gasteiger partial charge in [-0.3, -0.25) is 14.2 Å². The van der Waals surface area contributed by atoms with Gasteiger partial charge in [0.25, 0.3) is 0 Å². The van der Waals surface area contributed by atoms with Crippen LogP contribution in [-0.4, -0.2) is 67.4 Å². The molecule has 292 valence electrons. The van der Waals surface area contributed by atoms with Crippen LogP contribution in [0.15, 0.2) is 11.6 Å². The van der Waals surface area contributed by atoms with Crippen molar-refractivity contribution in [3.63, 3.8) is 0 Å². The second-order valence-electron chi connectivity index (χ2n) is 18.6. The van der Waals surface area contributed by atoms with Gasteiger partial charge in [0, 0.05) is 39.7 Å². The molecule has 0 aromatic carbocycles. The number of amides is 2. The zero-order valence-corrected chi connectivity index (χ0v) is 34.2. The molecule has 0 radical (unpaired) electrons. The number of likely N-dealkylation sites (tertiary alicyclic amines) is 1. The van der Waals surface area contributed by atoms with E-state index in [1.54, 1.807) is 10.5 Å². The van der Waals surface area contributed by atoms with Gasteiger partial charge in [0.2, 0.25) is 11.8 Å². The third-order valence-electron chi connectivity index (χ3n) is 14.9. The summed E-state index contributed by atoms with van der Waals surface area (Å²) in [4.78, 5) is 27.6. The monoisotopic (exact) mass is 733 g/mol. The lowest BCUT2D eigenvalue weighted by Gasteiger charge is -2.58. The van der Waals surface area contributed by atoms with Crippen LogP contribution in [0.3, 0.4) is 0 Å². The predicted octanol–water partition coefficient (Wildman–Crippen LogP) is 9.16. The molecule has 0 aromatic heterocycles. The van der Waals surface area contributed by atoms with Crippen molar-refractivity contribution in [2.75, 3.05) is 33.5 Å². The zero-order chi connectivity index (χ0) is 37.0. The molecule has 1 saturated heterocycles. The number of hydrogen-bond acceptors (Lipinski definition) is 6. The third kappa shape index (κ3) is 9.54. The van der Waals surface area contributed by atoms with Crippen LogP contribution in [0.2, 0.25) is 0 Å². The van der Waals surface area contributed by atoms with E-state index >= 15 is 0 Å². The minimum atomic E-state index is -3.16. The summed E-state index contributed by atoms with van der Waals surface area (Å²) >= 11 is 0. The second kappa shape index (κ2) is 17.5. The topological polar surface area (TPSA) is 105 Å². The fraction of sp³-hybridized carbons (Fsp3) is 0.905. The summed E-state index contributed by atoms with van der Waals surface area (Å²) in [6.07, 6.45) is 20.7. The molecule has 1 heterocycles. The Balaban J connectivity index is 1.02. The number of carbonyl (C=O) groups is 2. The quantitative estimate of drug-likeness (QED) is 0.0878. The number of aliphatic hydroxyl groups is 1. The van der Waals surface area contributed by atoms with Gasteiger partial charge in [0.15, 0.2) is 0 Å². The normalized spacial score (nSPS) is 36.5. The van der Waals surface area contributed by atoms with Crippen LogP contribution < -0.4 is 5.32 Å². The SMILES string of the molecule is COP(C)(=O)O[C@@H]1C[C@@H](CO)N(C(=O)CCCCCNC(=O)CC2CC[C@@]3(C)C(=CCC4C3CC[C@@]3(C)C4CC[C@@H]3[C@H](C)CCCC(C)C)C2)C1. The average Bonchev–Trinajstić information content (AvgIpc) is 3.66. The molecule has 1 aliphatic heterocycles.